The number of hydrogen-bond acceptors (Lipinski definition) is 2. The van der Waals surface area contributed by atoms with Gasteiger partial charge in [0.1, 0.15) is 11.2 Å². The van der Waals surface area contributed by atoms with Crippen molar-refractivity contribution in [2.75, 3.05) is 4.90 Å². The first-order valence-electron chi connectivity index (χ1n) is 18.4. The normalized spacial score (nSPS) is 11.3. The maximum atomic E-state index is 6.48. The van der Waals surface area contributed by atoms with E-state index in [4.69, 9.17) is 4.42 Å². The van der Waals surface area contributed by atoms with E-state index in [1.807, 2.05) is 6.07 Å². The largest absolute Gasteiger partial charge is 0.456 e. The van der Waals surface area contributed by atoms with Crippen LogP contribution in [-0.2, 0) is 0 Å². The van der Waals surface area contributed by atoms with Gasteiger partial charge in [0.2, 0.25) is 0 Å². The number of hydrogen-bond donors (Lipinski definition) is 0. The third-order valence-electron chi connectivity index (χ3n) is 10.5. The molecular weight excluding hydrogens is 655 g/mol. The van der Waals surface area contributed by atoms with Gasteiger partial charge in [-0.25, -0.2) is 0 Å². The third kappa shape index (κ3) is 5.36. The Morgan fingerprint density at radius 2 is 0.778 bits per heavy atom. The molecule has 0 aliphatic rings. The van der Waals surface area contributed by atoms with Crippen LogP contribution >= 0.6 is 0 Å². The Bertz CT molecular complexity index is 2940. The van der Waals surface area contributed by atoms with Crippen LogP contribution in [0, 0.1) is 0 Å². The van der Waals surface area contributed by atoms with E-state index >= 15 is 0 Å². The molecule has 0 radical (unpaired) electrons. The summed E-state index contributed by atoms with van der Waals surface area (Å²) in [6, 6.07) is 76.0. The minimum atomic E-state index is 0.872. The Balaban J connectivity index is 1.36. The molecule has 254 valence electrons. The van der Waals surface area contributed by atoms with Crippen LogP contribution in [-0.4, -0.2) is 0 Å². The lowest BCUT2D eigenvalue weighted by Gasteiger charge is -2.33. The molecule has 0 fully saturated rings. The van der Waals surface area contributed by atoms with Crippen molar-refractivity contribution < 1.29 is 4.42 Å². The predicted molar refractivity (Wildman–Crippen MR) is 228 cm³/mol. The lowest BCUT2D eigenvalue weighted by Crippen LogP contribution is -2.15. The second kappa shape index (κ2) is 13.4. The van der Waals surface area contributed by atoms with Crippen molar-refractivity contribution >= 4 is 49.8 Å². The summed E-state index contributed by atoms with van der Waals surface area (Å²) in [4.78, 5) is 2.51. The molecule has 1 heterocycles. The van der Waals surface area contributed by atoms with Crippen LogP contribution in [0.1, 0.15) is 0 Å². The van der Waals surface area contributed by atoms with E-state index < -0.39 is 0 Å². The summed E-state index contributed by atoms with van der Waals surface area (Å²) in [5.74, 6) is 0. The molecular formula is C52H35NO. The van der Waals surface area contributed by atoms with E-state index in [-0.39, 0.29) is 0 Å². The van der Waals surface area contributed by atoms with Gasteiger partial charge in [-0.2, -0.15) is 0 Å². The van der Waals surface area contributed by atoms with Crippen molar-refractivity contribution in [3.8, 4) is 44.5 Å². The Morgan fingerprint density at radius 3 is 1.57 bits per heavy atom. The van der Waals surface area contributed by atoms with Gasteiger partial charge in [0, 0.05) is 33.0 Å². The summed E-state index contributed by atoms with van der Waals surface area (Å²) in [5.41, 5.74) is 14.2. The Kier molecular flexibility index (Phi) is 7.85. The highest BCUT2D eigenvalue weighted by atomic mass is 16.3. The number of furan rings is 1. The van der Waals surface area contributed by atoms with Crippen LogP contribution < -0.4 is 4.90 Å². The van der Waals surface area contributed by atoms with Gasteiger partial charge in [0.25, 0.3) is 0 Å². The molecule has 54 heavy (non-hydrogen) atoms. The number of fused-ring (bicyclic) bond motifs is 4. The van der Waals surface area contributed by atoms with Gasteiger partial charge in [-0.1, -0.05) is 188 Å². The summed E-state index contributed by atoms with van der Waals surface area (Å²) >= 11 is 0. The fourth-order valence-electron chi connectivity index (χ4n) is 8.11. The molecule has 1 aromatic heterocycles. The van der Waals surface area contributed by atoms with Crippen molar-refractivity contribution in [3.05, 3.63) is 212 Å². The molecule has 0 spiro atoms. The van der Waals surface area contributed by atoms with Crippen molar-refractivity contribution in [2.24, 2.45) is 0 Å². The number of benzene rings is 9. The highest BCUT2D eigenvalue weighted by Gasteiger charge is 2.27. The van der Waals surface area contributed by atoms with E-state index in [0.717, 1.165) is 77.9 Å². The summed E-state index contributed by atoms with van der Waals surface area (Å²) in [7, 11) is 0. The number of nitrogens with zero attached hydrogens (tertiary/aromatic N) is 1. The van der Waals surface area contributed by atoms with Crippen LogP contribution in [0.15, 0.2) is 217 Å². The minimum absolute atomic E-state index is 0.872. The number of anilines is 3. The molecule has 10 rings (SSSR count). The molecule has 9 aromatic carbocycles. The van der Waals surface area contributed by atoms with E-state index in [1.54, 1.807) is 0 Å². The first-order valence-corrected chi connectivity index (χ1v) is 18.4. The molecule has 0 N–H and O–H groups in total. The van der Waals surface area contributed by atoms with Crippen LogP contribution in [0.25, 0.3) is 77.2 Å². The van der Waals surface area contributed by atoms with Gasteiger partial charge in [0.15, 0.2) is 0 Å². The fourth-order valence-corrected chi connectivity index (χ4v) is 8.11. The summed E-state index contributed by atoms with van der Waals surface area (Å²) < 4.78 is 6.48. The molecule has 0 aliphatic carbocycles. The molecule has 0 atom stereocenters. The van der Waals surface area contributed by atoms with Crippen molar-refractivity contribution in [2.45, 2.75) is 0 Å². The highest BCUT2D eigenvalue weighted by molar-refractivity contribution is 6.15. The topological polar surface area (TPSA) is 16.4 Å². The van der Waals surface area contributed by atoms with Gasteiger partial charge in [-0.15, -0.1) is 0 Å². The highest BCUT2D eigenvalue weighted by Crippen LogP contribution is 2.52. The van der Waals surface area contributed by atoms with Gasteiger partial charge in [-0.05, 0) is 57.3 Å². The quantitative estimate of drug-likeness (QED) is 0.166. The van der Waals surface area contributed by atoms with Crippen molar-refractivity contribution in [1.29, 1.82) is 0 Å². The zero-order chi connectivity index (χ0) is 35.8. The first-order chi connectivity index (χ1) is 26.8. The van der Waals surface area contributed by atoms with Crippen LogP contribution in [0.5, 0.6) is 0 Å². The molecule has 2 heteroatoms. The Labute approximate surface area is 314 Å². The maximum Gasteiger partial charge on any atom is 0.136 e. The van der Waals surface area contributed by atoms with Crippen LogP contribution in [0.3, 0.4) is 0 Å². The lowest BCUT2D eigenvalue weighted by atomic mass is 9.90. The molecule has 2 nitrogen and oxygen atoms in total. The van der Waals surface area contributed by atoms with Crippen molar-refractivity contribution in [1.82, 2.24) is 0 Å². The van der Waals surface area contributed by atoms with E-state index in [0.29, 0.717) is 0 Å². The van der Waals surface area contributed by atoms with Crippen molar-refractivity contribution in [3.63, 3.8) is 0 Å². The third-order valence-corrected chi connectivity index (χ3v) is 10.5. The van der Waals surface area contributed by atoms with E-state index in [1.165, 1.54) is 16.3 Å². The fraction of sp³-hybridized carbons (Fsp3) is 0. The van der Waals surface area contributed by atoms with Crippen LogP contribution in [0.4, 0.5) is 17.1 Å². The SMILES string of the molecule is c1ccc(-c2ccccc2N(c2ccccc2-c2cccc3ccccc23)c2c(-c3ccccc3)cccc2-c2cccc3oc4ccccc4c23)cc1. The Hall–Kier alpha value is -7.16. The molecule has 0 aliphatic heterocycles. The zero-order valence-electron chi connectivity index (χ0n) is 29.6. The summed E-state index contributed by atoms with van der Waals surface area (Å²) in [6.45, 7) is 0. The van der Waals surface area contributed by atoms with E-state index in [9.17, 15) is 0 Å². The summed E-state index contributed by atoms with van der Waals surface area (Å²) in [5, 5.41) is 4.64. The predicted octanol–water partition coefficient (Wildman–Crippen LogP) is 14.9. The zero-order valence-corrected chi connectivity index (χ0v) is 29.6. The molecule has 0 saturated carbocycles. The second-order valence-corrected chi connectivity index (χ2v) is 13.6. The molecule has 0 unspecified atom stereocenters. The van der Waals surface area contributed by atoms with Gasteiger partial charge in [0.05, 0.1) is 17.1 Å². The van der Waals surface area contributed by atoms with E-state index in [2.05, 4.69) is 211 Å². The smallest absolute Gasteiger partial charge is 0.136 e. The Morgan fingerprint density at radius 1 is 0.296 bits per heavy atom. The molecule has 0 saturated heterocycles. The average molecular weight is 690 g/mol. The number of rotatable bonds is 7. The van der Waals surface area contributed by atoms with Gasteiger partial charge < -0.3 is 9.32 Å². The summed E-state index contributed by atoms with van der Waals surface area (Å²) in [6.07, 6.45) is 0. The maximum absolute atomic E-state index is 6.48. The number of para-hydroxylation sites is 4. The van der Waals surface area contributed by atoms with Crippen LogP contribution in [0.2, 0.25) is 0 Å². The monoisotopic (exact) mass is 689 g/mol. The molecule has 0 amide bonds. The standard InChI is InChI=1S/C52H35NO/c1-3-18-37(19-4-1)40-25-9-12-32-47(40)53(48-33-13-10-26-43(48)42-29-15-23-36-22-7-8-24-39(36)42)52-41(38-20-5-2-6-21-38)28-16-31-45(52)44-30-17-35-50-51(44)46-27-11-14-34-49(46)54-50/h1-35H. The average Bonchev–Trinajstić information content (AvgIpc) is 3.64. The lowest BCUT2D eigenvalue weighted by molar-refractivity contribution is 0.669. The molecule has 10 aromatic rings. The van der Waals surface area contributed by atoms with Gasteiger partial charge >= 0.3 is 0 Å². The second-order valence-electron chi connectivity index (χ2n) is 13.6. The first kappa shape index (κ1) is 31.6. The minimum Gasteiger partial charge on any atom is -0.456 e. The molecule has 0 bridgehead atoms. The van der Waals surface area contributed by atoms with Gasteiger partial charge in [-0.3, -0.25) is 0 Å².